The molecule has 0 aliphatic carbocycles. The van der Waals surface area contributed by atoms with Gasteiger partial charge in [-0.05, 0) is 18.6 Å². The van der Waals surface area contributed by atoms with Crippen molar-refractivity contribution in [2.24, 2.45) is 7.05 Å². The maximum Gasteiger partial charge on any atom is 0.262 e. The summed E-state index contributed by atoms with van der Waals surface area (Å²) in [6.07, 6.45) is 3.11. The van der Waals surface area contributed by atoms with Crippen LogP contribution in [0.5, 0.6) is 0 Å². The van der Waals surface area contributed by atoms with Gasteiger partial charge in [0.1, 0.15) is 17.2 Å². The highest BCUT2D eigenvalue weighted by Gasteiger charge is 2.13. The number of aryl methyl sites for hydroxylation is 2. The summed E-state index contributed by atoms with van der Waals surface area (Å²) in [6.45, 7) is 1.93. The maximum atomic E-state index is 11.8. The number of nitrogens with two attached hydrogens (primary N) is 1. The number of rotatable bonds is 2. The molecular weight excluding hydrogens is 218 g/mol. The monoisotopic (exact) mass is 231 g/mol. The van der Waals surface area contributed by atoms with Crippen LogP contribution < -0.4 is 11.1 Å². The minimum absolute atomic E-state index is 0.313. The van der Waals surface area contributed by atoms with Crippen molar-refractivity contribution in [2.75, 3.05) is 11.1 Å². The van der Waals surface area contributed by atoms with E-state index in [-0.39, 0.29) is 5.91 Å². The van der Waals surface area contributed by atoms with Gasteiger partial charge in [0.05, 0.1) is 6.20 Å². The number of anilines is 2. The zero-order valence-corrected chi connectivity index (χ0v) is 9.64. The molecule has 0 saturated carbocycles. The lowest BCUT2D eigenvalue weighted by Gasteiger charge is -2.03. The molecule has 0 fully saturated rings. The molecule has 0 bridgehead atoms. The topological polar surface area (TPSA) is 85.8 Å². The second-order valence-corrected chi connectivity index (χ2v) is 3.74. The molecule has 17 heavy (non-hydrogen) atoms. The van der Waals surface area contributed by atoms with Crippen LogP contribution in [0.2, 0.25) is 0 Å². The Balaban J connectivity index is 2.17. The molecule has 2 rings (SSSR count). The third-order valence-corrected chi connectivity index (χ3v) is 2.38. The lowest BCUT2D eigenvalue weighted by molar-refractivity contribution is 0.102. The third-order valence-electron chi connectivity index (χ3n) is 2.38. The fraction of sp³-hybridized carbons (Fsp3) is 0.182. The Morgan fingerprint density at radius 1 is 1.41 bits per heavy atom. The van der Waals surface area contributed by atoms with E-state index in [1.54, 1.807) is 19.3 Å². The van der Waals surface area contributed by atoms with E-state index in [1.807, 2.05) is 13.0 Å². The highest BCUT2D eigenvalue weighted by molar-refractivity contribution is 6.06. The van der Waals surface area contributed by atoms with Crippen LogP contribution in [0.3, 0.4) is 0 Å². The number of pyridine rings is 1. The van der Waals surface area contributed by atoms with E-state index in [0.717, 1.165) is 5.56 Å². The summed E-state index contributed by atoms with van der Waals surface area (Å²) in [5.41, 5.74) is 7.07. The van der Waals surface area contributed by atoms with Gasteiger partial charge in [0.15, 0.2) is 0 Å². The quantitative estimate of drug-likeness (QED) is 0.806. The maximum absolute atomic E-state index is 11.8. The molecule has 6 heteroatoms. The normalized spacial score (nSPS) is 10.2. The van der Waals surface area contributed by atoms with E-state index in [2.05, 4.69) is 15.4 Å². The van der Waals surface area contributed by atoms with Crippen LogP contribution in [-0.4, -0.2) is 20.7 Å². The van der Waals surface area contributed by atoms with Gasteiger partial charge < -0.3 is 11.1 Å². The van der Waals surface area contributed by atoms with Crippen LogP contribution in [-0.2, 0) is 7.05 Å². The Hall–Kier alpha value is -2.37. The predicted octanol–water partition coefficient (Wildman–Crippen LogP) is 0.958. The van der Waals surface area contributed by atoms with Gasteiger partial charge in [-0.1, -0.05) is 6.07 Å². The number of nitrogens with zero attached hydrogens (tertiary/aromatic N) is 3. The second kappa shape index (κ2) is 4.25. The predicted molar refractivity (Wildman–Crippen MR) is 64.5 cm³/mol. The number of carbonyl (C=O) groups excluding carboxylic acids is 1. The number of hydrogen-bond acceptors (Lipinski definition) is 4. The van der Waals surface area contributed by atoms with E-state index in [1.165, 1.54) is 10.9 Å². The molecule has 2 aromatic rings. The minimum atomic E-state index is -0.313. The highest BCUT2D eigenvalue weighted by atomic mass is 16.1. The van der Waals surface area contributed by atoms with Crippen LogP contribution >= 0.6 is 0 Å². The van der Waals surface area contributed by atoms with Gasteiger partial charge in [-0.25, -0.2) is 4.98 Å². The van der Waals surface area contributed by atoms with E-state index in [4.69, 9.17) is 5.73 Å². The third kappa shape index (κ3) is 2.25. The molecule has 6 nitrogen and oxygen atoms in total. The fourth-order valence-electron chi connectivity index (χ4n) is 1.35. The average Bonchev–Trinajstić information content (AvgIpc) is 2.63. The molecule has 0 spiro atoms. The van der Waals surface area contributed by atoms with Gasteiger partial charge in [-0.2, -0.15) is 5.10 Å². The number of hydrogen-bond donors (Lipinski definition) is 2. The zero-order valence-electron chi connectivity index (χ0n) is 9.64. The molecule has 0 saturated heterocycles. The summed E-state index contributed by atoms with van der Waals surface area (Å²) >= 11 is 0. The standard InChI is InChI=1S/C11H13N5O/c1-7-3-4-9(13-5-7)15-11(17)8-6-14-16(2)10(8)12/h3-6H,12H2,1-2H3,(H,13,15,17). The van der Waals surface area contributed by atoms with Crippen LogP contribution in [0.1, 0.15) is 15.9 Å². The van der Waals surface area contributed by atoms with Crippen LogP contribution in [0.25, 0.3) is 0 Å². The molecule has 0 unspecified atom stereocenters. The molecule has 0 aliphatic heterocycles. The molecule has 3 N–H and O–H groups in total. The first-order valence-electron chi connectivity index (χ1n) is 5.09. The van der Waals surface area contributed by atoms with Gasteiger partial charge in [0.2, 0.25) is 0 Å². The number of nitrogens with one attached hydrogen (secondary N) is 1. The van der Waals surface area contributed by atoms with Gasteiger partial charge >= 0.3 is 0 Å². The molecule has 0 radical (unpaired) electrons. The van der Waals surface area contributed by atoms with E-state index >= 15 is 0 Å². The van der Waals surface area contributed by atoms with Crippen molar-refractivity contribution in [3.05, 3.63) is 35.7 Å². The Labute approximate surface area is 98.5 Å². The lowest BCUT2D eigenvalue weighted by Crippen LogP contribution is -2.14. The Bertz CT molecular complexity index is 543. The lowest BCUT2D eigenvalue weighted by atomic mass is 10.3. The van der Waals surface area contributed by atoms with Crippen LogP contribution in [0.4, 0.5) is 11.6 Å². The molecule has 2 aromatic heterocycles. The number of nitrogen functional groups attached to an aromatic ring is 1. The summed E-state index contributed by atoms with van der Waals surface area (Å²) < 4.78 is 1.44. The molecule has 0 aliphatic rings. The van der Waals surface area contributed by atoms with Gasteiger partial charge in [0.25, 0.3) is 5.91 Å². The summed E-state index contributed by atoms with van der Waals surface area (Å²) in [5, 5.41) is 6.56. The molecular formula is C11H13N5O. The minimum Gasteiger partial charge on any atom is -0.383 e. The summed E-state index contributed by atoms with van der Waals surface area (Å²) in [5.74, 6) is 0.505. The van der Waals surface area contributed by atoms with Crippen molar-refractivity contribution in [3.63, 3.8) is 0 Å². The zero-order chi connectivity index (χ0) is 12.4. The van der Waals surface area contributed by atoms with E-state index < -0.39 is 0 Å². The van der Waals surface area contributed by atoms with Crippen molar-refractivity contribution < 1.29 is 4.79 Å². The summed E-state index contributed by atoms with van der Waals surface area (Å²) in [7, 11) is 1.68. The van der Waals surface area contributed by atoms with Crippen molar-refractivity contribution in [1.82, 2.24) is 14.8 Å². The smallest absolute Gasteiger partial charge is 0.262 e. The van der Waals surface area contributed by atoms with E-state index in [0.29, 0.717) is 17.2 Å². The van der Waals surface area contributed by atoms with Gasteiger partial charge in [-0.3, -0.25) is 9.48 Å². The SMILES string of the molecule is Cc1ccc(NC(=O)c2cnn(C)c2N)nc1. The molecule has 2 heterocycles. The van der Waals surface area contributed by atoms with Crippen LogP contribution in [0.15, 0.2) is 24.5 Å². The molecule has 0 aromatic carbocycles. The number of aromatic nitrogens is 3. The fourth-order valence-corrected chi connectivity index (χ4v) is 1.35. The largest absolute Gasteiger partial charge is 0.383 e. The van der Waals surface area contributed by atoms with Crippen molar-refractivity contribution in [3.8, 4) is 0 Å². The Morgan fingerprint density at radius 2 is 2.18 bits per heavy atom. The average molecular weight is 231 g/mol. The Kier molecular flexibility index (Phi) is 2.78. The Morgan fingerprint density at radius 3 is 2.71 bits per heavy atom. The summed E-state index contributed by atoms with van der Waals surface area (Å²) in [4.78, 5) is 15.9. The van der Waals surface area contributed by atoms with Gasteiger partial charge in [-0.15, -0.1) is 0 Å². The first-order chi connectivity index (χ1) is 8.08. The van der Waals surface area contributed by atoms with Crippen molar-refractivity contribution >= 4 is 17.5 Å². The van der Waals surface area contributed by atoms with Crippen molar-refractivity contribution in [1.29, 1.82) is 0 Å². The number of amides is 1. The molecule has 88 valence electrons. The van der Waals surface area contributed by atoms with E-state index in [9.17, 15) is 4.79 Å². The van der Waals surface area contributed by atoms with Crippen LogP contribution in [0, 0.1) is 6.92 Å². The molecule has 1 amide bonds. The highest BCUT2D eigenvalue weighted by Crippen LogP contribution is 2.12. The summed E-state index contributed by atoms with van der Waals surface area (Å²) in [6, 6.07) is 3.61. The first-order valence-corrected chi connectivity index (χ1v) is 5.09. The molecule has 0 atom stereocenters. The van der Waals surface area contributed by atoms with Crippen molar-refractivity contribution in [2.45, 2.75) is 6.92 Å². The first kappa shape index (κ1) is 11.1. The number of carbonyl (C=O) groups is 1. The van der Waals surface area contributed by atoms with Gasteiger partial charge in [0, 0.05) is 13.2 Å². The second-order valence-electron chi connectivity index (χ2n) is 3.74.